The van der Waals surface area contributed by atoms with Gasteiger partial charge in [-0.2, -0.15) is 0 Å². The van der Waals surface area contributed by atoms with Crippen molar-refractivity contribution in [1.29, 1.82) is 0 Å². The molecule has 0 aliphatic heterocycles. The molecule has 0 aliphatic carbocycles. The van der Waals surface area contributed by atoms with E-state index in [-0.39, 0.29) is 11.6 Å². The van der Waals surface area contributed by atoms with Crippen LogP contribution in [0.25, 0.3) is 0 Å². The van der Waals surface area contributed by atoms with E-state index in [0.29, 0.717) is 18.5 Å². The maximum atomic E-state index is 11.5. The third kappa shape index (κ3) is 3.55. The lowest BCUT2D eigenvalue weighted by atomic mass is 10.1. The summed E-state index contributed by atoms with van der Waals surface area (Å²) < 4.78 is 0. The van der Waals surface area contributed by atoms with Crippen molar-refractivity contribution in [2.45, 2.75) is 33.1 Å². The second kappa shape index (κ2) is 5.98. The van der Waals surface area contributed by atoms with E-state index in [9.17, 15) is 14.9 Å². The smallest absolute Gasteiger partial charge is 0.269 e. The first-order valence-electron chi connectivity index (χ1n) is 5.65. The molecule has 1 rings (SSSR count). The van der Waals surface area contributed by atoms with E-state index < -0.39 is 4.92 Å². The molecule has 0 unspecified atom stereocenters. The van der Waals surface area contributed by atoms with Crippen molar-refractivity contribution in [3.8, 4) is 0 Å². The van der Waals surface area contributed by atoms with Crippen molar-refractivity contribution in [3.05, 3.63) is 33.9 Å². The highest BCUT2D eigenvalue weighted by molar-refractivity contribution is 5.91. The number of nitrogens with zero attached hydrogens (tertiary/aromatic N) is 1. The van der Waals surface area contributed by atoms with Gasteiger partial charge in [0.2, 0.25) is 5.91 Å². The zero-order valence-corrected chi connectivity index (χ0v) is 10.0. The normalized spacial score (nSPS) is 10.0. The Morgan fingerprint density at radius 3 is 2.65 bits per heavy atom. The SMILES string of the molecule is CCCC(=O)Nc1ccc([N+](=O)[O-])cc1CC. The number of carbonyl (C=O) groups excluding carboxylic acids is 1. The Hall–Kier alpha value is -1.91. The number of amides is 1. The quantitative estimate of drug-likeness (QED) is 0.631. The van der Waals surface area contributed by atoms with Crippen LogP contribution in [0.4, 0.5) is 11.4 Å². The number of aryl methyl sites for hydroxylation is 1. The largest absolute Gasteiger partial charge is 0.326 e. The average Bonchev–Trinajstić information content (AvgIpc) is 2.29. The number of nitrogens with one attached hydrogen (secondary N) is 1. The van der Waals surface area contributed by atoms with Gasteiger partial charge < -0.3 is 5.32 Å². The van der Waals surface area contributed by atoms with Crippen LogP contribution >= 0.6 is 0 Å². The summed E-state index contributed by atoms with van der Waals surface area (Å²) in [6.07, 6.45) is 1.88. The van der Waals surface area contributed by atoms with Crippen molar-refractivity contribution in [1.82, 2.24) is 0 Å². The number of non-ortho nitro benzene ring substituents is 1. The molecule has 0 atom stereocenters. The Labute approximate surface area is 100.0 Å². The molecule has 92 valence electrons. The lowest BCUT2D eigenvalue weighted by molar-refractivity contribution is -0.384. The van der Waals surface area contributed by atoms with Crippen molar-refractivity contribution in [2.75, 3.05) is 5.32 Å². The number of anilines is 1. The molecule has 0 fully saturated rings. The molecule has 17 heavy (non-hydrogen) atoms. The molecule has 0 aliphatic rings. The monoisotopic (exact) mass is 236 g/mol. The molecule has 0 saturated heterocycles. The van der Waals surface area contributed by atoms with E-state index in [1.54, 1.807) is 6.07 Å². The number of nitro groups is 1. The summed E-state index contributed by atoms with van der Waals surface area (Å²) in [5.41, 5.74) is 1.50. The predicted octanol–water partition coefficient (Wildman–Crippen LogP) is 2.90. The molecular formula is C12H16N2O3. The fourth-order valence-corrected chi connectivity index (χ4v) is 1.55. The maximum Gasteiger partial charge on any atom is 0.269 e. The zero-order valence-electron chi connectivity index (χ0n) is 10.0. The van der Waals surface area contributed by atoms with Gasteiger partial charge in [-0.15, -0.1) is 0 Å². The van der Waals surface area contributed by atoms with Crippen LogP contribution in [-0.2, 0) is 11.2 Å². The molecule has 5 heteroatoms. The molecule has 5 nitrogen and oxygen atoms in total. The summed E-state index contributed by atoms with van der Waals surface area (Å²) in [6.45, 7) is 3.82. The average molecular weight is 236 g/mol. The van der Waals surface area contributed by atoms with Crippen molar-refractivity contribution in [2.24, 2.45) is 0 Å². The summed E-state index contributed by atoms with van der Waals surface area (Å²) >= 11 is 0. The third-order valence-electron chi connectivity index (χ3n) is 2.43. The topological polar surface area (TPSA) is 72.2 Å². The van der Waals surface area contributed by atoms with Gasteiger partial charge >= 0.3 is 0 Å². The van der Waals surface area contributed by atoms with Crippen LogP contribution < -0.4 is 5.32 Å². The number of rotatable bonds is 5. The summed E-state index contributed by atoms with van der Waals surface area (Å²) in [5.74, 6) is -0.0592. The number of nitro benzene ring substituents is 1. The van der Waals surface area contributed by atoms with E-state index in [2.05, 4.69) is 5.32 Å². The number of hydrogen-bond acceptors (Lipinski definition) is 3. The Morgan fingerprint density at radius 1 is 1.41 bits per heavy atom. The van der Waals surface area contributed by atoms with Crippen LogP contribution in [0.3, 0.4) is 0 Å². The highest BCUT2D eigenvalue weighted by Gasteiger charge is 2.11. The molecule has 1 aromatic carbocycles. The van der Waals surface area contributed by atoms with Gasteiger partial charge in [0.1, 0.15) is 0 Å². The first kappa shape index (κ1) is 13.2. The summed E-state index contributed by atoms with van der Waals surface area (Å²) in [6, 6.07) is 4.49. The van der Waals surface area contributed by atoms with Crippen LogP contribution in [0.5, 0.6) is 0 Å². The van der Waals surface area contributed by atoms with Crippen molar-refractivity contribution < 1.29 is 9.72 Å². The summed E-state index contributed by atoms with van der Waals surface area (Å²) in [7, 11) is 0. The standard InChI is InChI=1S/C12H16N2O3/c1-3-5-12(15)13-11-7-6-10(14(16)17)8-9(11)4-2/h6-8H,3-5H2,1-2H3,(H,13,15). The number of benzene rings is 1. The molecule has 1 aromatic rings. The molecule has 1 amide bonds. The Kier molecular flexibility index (Phi) is 4.63. The van der Waals surface area contributed by atoms with Gasteiger partial charge in [0.05, 0.1) is 4.92 Å². The molecule has 1 N–H and O–H groups in total. The van der Waals surface area contributed by atoms with Gasteiger partial charge in [0.15, 0.2) is 0 Å². The van der Waals surface area contributed by atoms with Gasteiger partial charge in [0, 0.05) is 24.2 Å². The van der Waals surface area contributed by atoms with Gasteiger partial charge in [-0.25, -0.2) is 0 Å². The van der Waals surface area contributed by atoms with E-state index >= 15 is 0 Å². The van der Waals surface area contributed by atoms with E-state index in [1.165, 1.54) is 12.1 Å². The third-order valence-corrected chi connectivity index (χ3v) is 2.43. The van der Waals surface area contributed by atoms with E-state index in [4.69, 9.17) is 0 Å². The Morgan fingerprint density at radius 2 is 2.12 bits per heavy atom. The van der Waals surface area contributed by atoms with E-state index in [1.807, 2.05) is 13.8 Å². The van der Waals surface area contributed by atoms with Crippen LogP contribution in [0.1, 0.15) is 32.3 Å². The van der Waals surface area contributed by atoms with Gasteiger partial charge in [0.25, 0.3) is 5.69 Å². The lowest BCUT2D eigenvalue weighted by Crippen LogP contribution is -2.12. The van der Waals surface area contributed by atoms with Gasteiger partial charge in [-0.05, 0) is 24.5 Å². The molecule has 0 spiro atoms. The van der Waals surface area contributed by atoms with E-state index in [0.717, 1.165) is 12.0 Å². The zero-order chi connectivity index (χ0) is 12.8. The first-order chi connectivity index (χ1) is 8.08. The van der Waals surface area contributed by atoms with Crippen LogP contribution in [0, 0.1) is 10.1 Å². The molecular weight excluding hydrogens is 220 g/mol. The molecule has 0 saturated carbocycles. The first-order valence-corrected chi connectivity index (χ1v) is 5.65. The lowest BCUT2D eigenvalue weighted by Gasteiger charge is -2.09. The molecule has 0 heterocycles. The highest BCUT2D eigenvalue weighted by atomic mass is 16.6. The fraction of sp³-hybridized carbons (Fsp3) is 0.417. The Balaban J connectivity index is 2.92. The second-order valence-corrected chi connectivity index (χ2v) is 3.75. The molecule has 0 aromatic heterocycles. The summed E-state index contributed by atoms with van der Waals surface area (Å²) in [4.78, 5) is 21.6. The minimum Gasteiger partial charge on any atom is -0.326 e. The highest BCUT2D eigenvalue weighted by Crippen LogP contribution is 2.22. The molecule has 0 radical (unpaired) electrons. The predicted molar refractivity (Wildman–Crippen MR) is 66.0 cm³/mol. The molecule has 0 bridgehead atoms. The van der Waals surface area contributed by atoms with Gasteiger partial charge in [-0.3, -0.25) is 14.9 Å². The second-order valence-electron chi connectivity index (χ2n) is 3.75. The number of carbonyl (C=O) groups is 1. The van der Waals surface area contributed by atoms with Crippen LogP contribution in [-0.4, -0.2) is 10.8 Å². The Bertz CT molecular complexity index is 430. The minimum atomic E-state index is -0.434. The van der Waals surface area contributed by atoms with Crippen LogP contribution in [0.2, 0.25) is 0 Å². The fourth-order valence-electron chi connectivity index (χ4n) is 1.55. The number of hydrogen-bond donors (Lipinski definition) is 1. The van der Waals surface area contributed by atoms with Crippen LogP contribution in [0.15, 0.2) is 18.2 Å². The van der Waals surface area contributed by atoms with Crippen molar-refractivity contribution in [3.63, 3.8) is 0 Å². The van der Waals surface area contributed by atoms with Crippen molar-refractivity contribution >= 4 is 17.3 Å². The summed E-state index contributed by atoms with van der Waals surface area (Å²) in [5, 5.41) is 13.4. The minimum absolute atomic E-state index is 0.0512. The van der Waals surface area contributed by atoms with Gasteiger partial charge in [-0.1, -0.05) is 13.8 Å². The maximum absolute atomic E-state index is 11.5.